The Kier molecular flexibility index (Phi) is 15.3. The molecule has 0 saturated carbocycles. The molecule has 1 atom stereocenters. The van der Waals surface area contributed by atoms with E-state index in [-0.39, 0.29) is 18.0 Å². The Labute approximate surface area is 263 Å². The molecule has 0 spiro atoms. The van der Waals surface area contributed by atoms with Crippen LogP contribution >= 0.6 is 0 Å². The lowest BCUT2D eigenvalue weighted by molar-refractivity contribution is -0.141. The van der Waals surface area contributed by atoms with Gasteiger partial charge < -0.3 is 35.5 Å². The van der Waals surface area contributed by atoms with Crippen LogP contribution in [0.4, 0.5) is 20.6 Å². The van der Waals surface area contributed by atoms with E-state index in [1.54, 1.807) is 18.2 Å². The molecule has 3 rings (SSSR count). The first-order valence-electron chi connectivity index (χ1n) is 15.3. The lowest BCUT2D eigenvalue weighted by Gasteiger charge is -2.21. The fourth-order valence-electron chi connectivity index (χ4n) is 4.63. The number of aliphatic hydroxyl groups excluding tert-OH is 2. The number of hydroxylamine groups is 1. The Morgan fingerprint density at radius 1 is 0.933 bits per heavy atom. The summed E-state index contributed by atoms with van der Waals surface area (Å²) in [6.07, 6.45) is 6.07. The van der Waals surface area contributed by atoms with Gasteiger partial charge >= 0.3 is 12.0 Å². The van der Waals surface area contributed by atoms with E-state index in [9.17, 15) is 29.3 Å². The van der Waals surface area contributed by atoms with Crippen molar-refractivity contribution in [3.63, 3.8) is 0 Å². The summed E-state index contributed by atoms with van der Waals surface area (Å²) in [6.45, 7) is 3.51. The van der Waals surface area contributed by atoms with Crippen molar-refractivity contribution >= 4 is 23.4 Å². The Morgan fingerprint density at radius 3 is 2.40 bits per heavy atom. The van der Waals surface area contributed by atoms with E-state index >= 15 is 0 Å². The number of hydrogen-bond donors (Lipinski definition) is 5. The second-order valence-electron chi connectivity index (χ2n) is 10.7. The lowest BCUT2D eigenvalue weighted by atomic mass is 10.1. The average Bonchev–Trinajstić information content (AvgIpc) is 3.02. The van der Waals surface area contributed by atoms with Gasteiger partial charge in [-0.25, -0.2) is 14.0 Å². The number of unbranched alkanes of at least 4 members (excludes halogenated alkanes) is 4. The number of amides is 2. The second-order valence-corrected chi connectivity index (χ2v) is 10.7. The molecule has 0 aliphatic heterocycles. The Bertz CT molecular complexity index is 1340. The number of nitrogens with zero attached hydrogens (tertiary/aromatic N) is 1. The lowest BCUT2D eigenvalue weighted by Crippen LogP contribution is -2.36. The normalized spacial score (nSPS) is 11.6. The summed E-state index contributed by atoms with van der Waals surface area (Å²) in [7, 11) is 0. The summed E-state index contributed by atoms with van der Waals surface area (Å²) >= 11 is 0. The first-order chi connectivity index (χ1) is 21.8. The summed E-state index contributed by atoms with van der Waals surface area (Å²) < 4.78 is 19.1. The fraction of sp³-hybridized carbons (Fsp3) is 0.412. The first kappa shape index (κ1) is 35.4. The van der Waals surface area contributed by atoms with Crippen LogP contribution in [0, 0.1) is 5.82 Å². The maximum absolute atomic E-state index is 13.3. The molecule has 3 aromatic rings. The van der Waals surface area contributed by atoms with Crippen LogP contribution in [0.25, 0.3) is 0 Å². The number of urea groups is 1. The molecule has 0 aliphatic rings. The highest BCUT2D eigenvalue weighted by Crippen LogP contribution is 2.22. The maximum Gasteiger partial charge on any atom is 0.359 e. The van der Waals surface area contributed by atoms with Gasteiger partial charge in [-0.3, -0.25) is 0 Å². The molecule has 45 heavy (non-hydrogen) atoms. The first-order valence-corrected chi connectivity index (χ1v) is 15.3. The van der Waals surface area contributed by atoms with Gasteiger partial charge in [0.25, 0.3) is 0 Å². The number of halogens is 1. The number of anilines is 2. The van der Waals surface area contributed by atoms with Crippen molar-refractivity contribution in [2.75, 3.05) is 36.7 Å². The van der Waals surface area contributed by atoms with Gasteiger partial charge in [0.15, 0.2) is 0 Å². The monoisotopic (exact) mass is 625 g/mol. The van der Waals surface area contributed by atoms with Crippen LogP contribution in [-0.4, -0.2) is 53.6 Å². The summed E-state index contributed by atoms with van der Waals surface area (Å²) in [5, 5.41) is 36.0. The molecule has 0 aromatic heterocycles. The van der Waals surface area contributed by atoms with Gasteiger partial charge in [0.1, 0.15) is 11.6 Å². The highest BCUT2D eigenvalue weighted by molar-refractivity contribution is 6.01. The van der Waals surface area contributed by atoms with Crippen molar-refractivity contribution in [3.05, 3.63) is 89.2 Å². The van der Waals surface area contributed by atoms with Crippen molar-refractivity contribution in [1.82, 2.24) is 5.32 Å². The molecule has 0 fully saturated rings. The van der Waals surface area contributed by atoms with E-state index < -0.39 is 23.9 Å². The minimum Gasteiger partial charge on any atom is -0.508 e. The van der Waals surface area contributed by atoms with Crippen molar-refractivity contribution in [1.29, 1.82) is 0 Å². The molecule has 0 saturated heterocycles. The van der Waals surface area contributed by atoms with Crippen LogP contribution in [0.1, 0.15) is 68.2 Å². The molecule has 0 unspecified atom stereocenters. The van der Waals surface area contributed by atoms with E-state index in [1.165, 1.54) is 37.3 Å². The molecular weight excluding hydrogens is 581 g/mol. The Hall–Kier alpha value is -4.03. The molecule has 244 valence electrons. The second kappa shape index (κ2) is 19.4. The van der Waals surface area contributed by atoms with Gasteiger partial charge in [-0.05, 0) is 98.3 Å². The van der Waals surface area contributed by atoms with Crippen molar-refractivity contribution in [2.24, 2.45) is 0 Å². The number of phenols is 1. The minimum atomic E-state index is -0.701. The smallest absolute Gasteiger partial charge is 0.359 e. The third-order valence-electron chi connectivity index (χ3n) is 7.04. The van der Waals surface area contributed by atoms with Gasteiger partial charge in [0, 0.05) is 37.9 Å². The Balaban J connectivity index is 1.23. The van der Waals surface area contributed by atoms with Crippen LogP contribution in [-0.2, 0) is 27.4 Å². The van der Waals surface area contributed by atoms with E-state index in [0.717, 1.165) is 62.1 Å². The van der Waals surface area contributed by atoms with Crippen LogP contribution in [0.5, 0.6) is 5.75 Å². The number of aliphatic hydroxyl groups is 2. The van der Waals surface area contributed by atoms with E-state index in [4.69, 9.17) is 9.57 Å². The zero-order valence-corrected chi connectivity index (χ0v) is 25.7. The molecule has 0 radical (unpaired) electrons. The van der Waals surface area contributed by atoms with Gasteiger partial charge in [-0.15, -0.1) is 5.06 Å². The predicted octanol–water partition coefficient (Wildman–Crippen LogP) is 5.76. The van der Waals surface area contributed by atoms with Crippen molar-refractivity contribution in [3.8, 4) is 5.75 Å². The van der Waals surface area contributed by atoms with E-state index in [0.29, 0.717) is 36.6 Å². The molecule has 0 bridgehead atoms. The summed E-state index contributed by atoms with van der Waals surface area (Å²) in [6, 6.07) is 16.6. The Morgan fingerprint density at radius 2 is 1.67 bits per heavy atom. The summed E-state index contributed by atoms with van der Waals surface area (Å²) in [5.41, 5.74) is 2.88. The third kappa shape index (κ3) is 12.8. The van der Waals surface area contributed by atoms with E-state index in [1.807, 2.05) is 18.2 Å². The van der Waals surface area contributed by atoms with Gasteiger partial charge in [0.05, 0.1) is 18.4 Å². The topological polar surface area (TPSA) is 141 Å². The summed E-state index contributed by atoms with van der Waals surface area (Å²) in [5.74, 6) is -1.13. The molecule has 10 nitrogen and oxygen atoms in total. The molecule has 0 heterocycles. The molecule has 5 N–H and O–H groups in total. The number of benzene rings is 3. The number of carbonyl (C=O) groups excluding carboxylic acids is 2. The van der Waals surface area contributed by atoms with Crippen LogP contribution < -0.4 is 15.7 Å². The van der Waals surface area contributed by atoms with Crippen LogP contribution in [0.2, 0.25) is 0 Å². The third-order valence-corrected chi connectivity index (χ3v) is 7.04. The van der Waals surface area contributed by atoms with E-state index in [2.05, 4.69) is 10.6 Å². The predicted molar refractivity (Wildman–Crippen MR) is 170 cm³/mol. The molecule has 0 aliphatic carbocycles. The van der Waals surface area contributed by atoms with Gasteiger partial charge in [-0.2, -0.15) is 0 Å². The molecular formula is C34H44FN3O7. The average molecular weight is 626 g/mol. The number of nitrogens with one attached hydrogen (secondary N) is 2. The number of hydrogen-bond acceptors (Lipinski definition) is 8. The van der Waals surface area contributed by atoms with Crippen LogP contribution in [0.15, 0.2) is 66.7 Å². The molecule has 3 aromatic carbocycles. The quantitative estimate of drug-likeness (QED) is 0.0888. The zero-order chi connectivity index (χ0) is 32.4. The maximum atomic E-state index is 13.3. The highest BCUT2D eigenvalue weighted by Gasteiger charge is 2.20. The highest BCUT2D eigenvalue weighted by atomic mass is 19.1. The largest absolute Gasteiger partial charge is 0.508 e. The number of ether oxygens (including phenoxy) is 1. The zero-order valence-electron chi connectivity index (χ0n) is 25.7. The fourth-order valence-corrected chi connectivity index (χ4v) is 4.63. The minimum absolute atomic E-state index is 0.0224. The van der Waals surface area contributed by atoms with Crippen molar-refractivity contribution in [2.45, 2.75) is 64.6 Å². The number of carbonyl (C=O) groups is 2. The van der Waals surface area contributed by atoms with Crippen LogP contribution in [0.3, 0.4) is 0 Å². The number of rotatable bonds is 18. The van der Waals surface area contributed by atoms with Crippen molar-refractivity contribution < 1.29 is 38.9 Å². The molecule has 2 amide bonds. The number of aromatic hydroxyl groups is 1. The molecule has 11 heteroatoms. The standard InChI is InChI=1S/C34H44FN3O7/c1-25(40)45-38(31-15-13-29(35)14-16-31)34(43)37-30-11-8-10-26(21-30)9-4-7-20-44-19-6-3-2-5-18-36-23-33(42)27-12-17-32(41)28(22-27)24-39/h8,10-17,21-22,33,36,39,41-42H,2-7,9,18-20,23-24H2,1H3,(H,37,43)/t33-/m1/s1. The number of aryl methyl sites for hydroxylation is 1. The summed E-state index contributed by atoms with van der Waals surface area (Å²) in [4.78, 5) is 29.4. The van der Waals surface area contributed by atoms with Gasteiger partial charge in [-0.1, -0.05) is 31.0 Å². The SMILES string of the molecule is CC(=O)ON(C(=O)Nc1cccc(CCCCOCCCCCCNC[C@@H](O)c2ccc(O)c(CO)c2)c1)c1ccc(F)cc1. The van der Waals surface area contributed by atoms with Gasteiger partial charge in [0.2, 0.25) is 0 Å².